The fourth-order valence-electron chi connectivity index (χ4n) is 3.17. The molecular weight excluding hydrogens is 336 g/mol. The van der Waals surface area contributed by atoms with E-state index in [0.29, 0.717) is 0 Å². The van der Waals surface area contributed by atoms with E-state index < -0.39 is 0 Å². The third kappa shape index (κ3) is 4.11. The van der Waals surface area contributed by atoms with E-state index in [1.165, 1.54) is 0 Å². The van der Waals surface area contributed by atoms with Gasteiger partial charge in [-0.1, -0.05) is 133 Å². The first-order chi connectivity index (χ1) is 13.9. The van der Waals surface area contributed by atoms with Crippen molar-refractivity contribution in [2.24, 2.45) is 0 Å². The Labute approximate surface area is 166 Å². The fraction of sp³-hybridized carbons (Fsp3) is 0. The predicted molar refractivity (Wildman–Crippen MR) is 118 cm³/mol. The summed E-state index contributed by atoms with van der Waals surface area (Å²) in [6, 6.07) is 41.5. The average molecular weight is 356 g/mol. The Morgan fingerprint density at radius 2 is 0.536 bits per heavy atom. The van der Waals surface area contributed by atoms with Crippen LogP contribution in [-0.4, -0.2) is 0 Å². The molecular formula is C28H20. The summed E-state index contributed by atoms with van der Waals surface area (Å²) < 4.78 is 0. The Hall–Kier alpha value is -3.82. The van der Waals surface area contributed by atoms with E-state index >= 15 is 0 Å². The molecule has 0 bridgehead atoms. The van der Waals surface area contributed by atoms with Crippen LogP contribution in [0.25, 0.3) is 11.1 Å². The van der Waals surface area contributed by atoms with Crippen LogP contribution in [0.3, 0.4) is 0 Å². The van der Waals surface area contributed by atoms with Crippen LogP contribution in [0, 0.1) is 0 Å². The van der Waals surface area contributed by atoms with Crippen LogP contribution in [0.4, 0.5) is 0 Å². The third-order valence-electron chi connectivity index (χ3n) is 4.56. The lowest BCUT2D eigenvalue weighted by Crippen LogP contribution is -1.87. The summed E-state index contributed by atoms with van der Waals surface area (Å²) in [5.41, 5.74) is 13.5. The van der Waals surface area contributed by atoms with Crippen LogP contribution in [0.1, 0.15) is 22.3 Å². The minimum Gasteiger partial charge on any atom is -0.0622 e. The molecule has 0 aromatic heterocycles. The molecule has 4 aromatic carbocycles. The van der Waals surface area contributed by atoms with Gasteiger partial charge in [-0.25, -0.2) is 0 Å². The zero-order valence-electron chi connectivity index (χ0n) is 15.5. The predicted octanol–water partition coefficient (Wildman–Crippen LogP) is 7.00. The quantitative estimate of drug-likeness (QED) is 0.345. The standard InChI is InChI=1S/C28H20/c1-5-13-23(14-6-1)27(24-15-7-2-8-16-24)21-22-28(25-17-9-3-10-18-25)26-19-11-4-12-20-26/h1-20H. The summed E-state index contributed by atoms with van der Waals surface area (Å²) >= 11 is 0. The Morgan fingerprint density at radius 1 is 0.321 bits per heavy atom. The van der Waals surface area contributed by atoms with E-state index in [-0.39, 0.29) is 0 Å². The van der Waals surface area contributed by atoms with E-state index in [1.54, 1.807) is 0 Å². The second kappa shape index (κ2) is 8.71. The highest BCUT2D eigenvalue weighted by molar-refractivity contribution is 5.83. The number of hydrogen-bond acceptors (Lipinski definition) is 0. The van der Waals surface area contributed by atoms with Gasteiger partial charge < -0.3 is 0 Å². The van der Waals surface area contributed by atoms with Gasteiger partial charge in [-0.15, -0.1) is 0 Å². The maximum Gasteiger partial charge on any atom is 0.0393 e. The molecule has 4 rings (SSSR count). The van der Waals surface area contributed by atoms with Gasteiger partial charge in [-0.05, 0) is 22.3 Å². The fourth-order valence-corrected chi connectivity index (χ4v) is 3.17. The van der Waals surface area contributed by atoms with E-state index in [4.69, 9.17) is 0 Å². The van der Waals surface area contributed by atoms with Gasteiger partial charge in [0, 0.05) is 11.1 Å². The van der Waals surface area contributed by atoms with Crippen molar-refractivity contribution in [3.63, 3.8) is 0 Å². The topological polar surface area (TPSA) is 0 Å². The molecule has 0 heteroatoms. The number of benzene rings is 4. The minimum absolute atomic E-state index is 1.03. The molecule has 0 saturated carbocycles. The summed E-state index contributed by atoms with van der Waals surface area (Å²) in [6.07, 6.45) is 0. The molecule has 0 spiro atoms. The first-order valence-electron chi connectivity index (χ1n) is 9.39. The zero-order chi connectivity index (χ0) is 19.0. The molecule has 0 saturated heterocycles. The Morgan fingerprint density at radius 3 is 0.750 bits per heavy atom. The van der Waals surface area contributed by atoms with Crippen LogP contribution >= 0.6 is 0 Å². The maximum absolute atomic E-state index is 3.48. The smallest absolute Gasteiger partial charge is 0.0393 e. The van der Waals surface area contributed by atoms with Crippen LogP contribution in [-0.2, 0) is 0 Å². The Kier molecular flexibility index (Phi) is 5.47. The van der Waals surface area contributed by atoms with Crippen molar-refractivity contribution in [3.05, 3.63) is 155 Å². The van der Waals surface area contributed by atoms with Crippen LogP contribution in [0.15, 0.2) is 133 Å². The van der Waals surface area contributed by atoms with Crippen LogP contribution < -0.4 is 0 Å². The average Bonchev–Trinajstić information content (AvgIpc) is 2.79. The van der Waals surface area contributed by atoms with E-state index in [1.807, 2.05) is 24.3 Å². The monoisotopic (exact) mass is 356 g/mol. The van der Waals surface area contributed by atoms with Crippen molar-refractivity contribution in [1.82, 2.24) is 0 Å². The van der Waals surface area contributed by atoms with Crippen molar-refractivity contribution < 1.29 is 0 Å². The summed E-state index contributed by atoms with van der Waals surface area (Å²) in [4.78, 5) is 0. The first-order valence-corrected chi connectivity index (χ1v) is 9.39. The first kappa shape index (κ1) is 17.6. The highest BCUT2D eigenvalue weighted by Crippen LogP contribution is 2.24. The van der Waals surface area contributed by atoms with E-state index in [0.717, 1.165) is 33.4 Å². The molecule has 132 valence electrons. The lowest BCUT2D eigenvalue weighted by Gasteiger charge is -2.06. The molecule has 0 nitrogen and oxygen atoms in total. The maximum atomic E-state index is 3.48. The van der Waals surface area contributed by atoms with Gasteiger partial charge in [0.2, 0.25) is 0 Å². The third-order valence-corrected chi connectivity index (χ3v) is 4.56. The second-order valence-electron chi connectivity index (χ2n) is 6.46. The largest absolute Gasteiger partial charge is 0.0622 e. The van der Waals surface area contributed by atoms with Crippen molar-refractivity contribution in [1.29, 1.82) is 0 Å². The Balaban J connectivity index is 2.01. The molecule has 0 aliphatic heterocycles. The minimum atomic E-state index is 1.03. The lowest BCUT2D eigenvalue weighted by atomic mass is 9.97. The van der Waals surface area contributed by atoms with Crippen molar-refractivity contribution >= 4 is 11.1 Å². The van der Waals surface area contributed by atoms with E-state index in [9.17, 15) is 0 Å². The van der Waals surface area contributed by atoms with Gasteiger partial charge in [-0.2, -0.15) is 0 Å². The number of hydrogen-bond donors (Lipinski definition) is 0. The van der Waals surface area contributed by atoms with Gasteiger partial charge in [0.25, 0.3) is 0 Å². The molecule has 0 fully saturated rings. The Bertz CT molecular complexity index is 948. The molecule has 0 radical (unpaired) electrons. The van der Waals surface area contributed by atoms with Crippen molar-refractivity contribution in [3.8, 4) is 0 Å². The highest BCUT2D eigenvalue weighted by Gasteiger charge is 2.05. The number of rotatable bonds is 4. The van der Waals surface area contributed by atoms with Gasteiger partial charge in [0.15, 0.2) is 0 Å². The highest BCUT2D eigenvalue weighted by atomic mass is 14.1. The van der Waals surface area contributed by atoms with Crippen molar-refractivity contribution in [2.45, 2.75) is 0 Å². The zero-order valence-corrected chi connectivity index (χ0v) is 15.5. The normalized spacial score (nSPS) is 9.86. The molecule has 28 heavy (non-hydrogen) atoms. The molecule has 0 heterocycles. The summed E-state index contributed by atoms with van der Waals surface area (Å²) in [7, 11) is 0. The van der Waals surface area contributed by atoms with E-state index in [2.05, 4.69) is 109 Å². The van der Waals surface area contributed by atoms with Gasteiger partial charge >= 0.3 is 0 Å². The van der Waals surface area contributed by atoms with Gasteiger partial charge in [0.05, 0.1) is 0 Å². The lowest BCUT2D eigenvalue weighted by molar-refractivity contribution is 1.54. The summed E-state index contributed by atoms with van der Waals surface area (Å²) in [6.45, 7) is 0. The van der Waals surface area contributed by atoms with Gasteiger partial charge in [-0.3, -0.25) is 0 Å². The molecule has 0 aliphatic rings. The summed E-state index contributed by atoms with van der Waals surface area (Å²) in [5.74, 6) is 0. The molecule has 0 aliphatic carbocycles. The molecule has 0 atom stereocenters. The van der Waals surface area contributed by atoms with Crippen LogP contribution in [0.5, 0.6) is 0 Å². The van der Waals surface area contributed by atoms with Crippen LogP contribution in [0.2, 0.25) is 0 Å². The van der Waals surface area contributed by atoms with Crippen molar-refractivity contribution in [2.75, 3.05) is 0 Å². The second-order valence-corrected chi connectivity index (χ2v) is 6.46. The van der Waals surface area contributed by atoms with Gasteiger partial charge in [0.1, 0.15) is 0 Å². The SMILES string of the molecule is C(=C=C(c1ccccc1)c1ccccc1)=C(c1ccccc1)c1ccccc1. The molecule has 0 amide bonds. The molecule has 0 unspecified atom stereocenters. The summed E-state index contributed by atoms with van der Waals surface area (Å²) in [5, 5.41) is 0. The molecule has 4 aromatic rings. The molecule has 0 N–H and O–H groups in total.